The summed E-state index contributed by atoms with van der Waals surface area (Å²) in [6.07, 6.45) is 3.50. The molecule has 0 radical (unpaired) electrons. The molecular weight excluding hydrogens is 328 g/mol. The van der Waals surface area contributed by atoms with Crippen LogP contribution in [0, 0.1) is 11.3 Å². The van der Waals surface area contributed by atoms with E-state index in [0.29, 0.717) is 22.7 Å². The molecule has 0 saturated heterocycles. The molecule has 3 aromatic rings. The number of hydrogen-bond donors (Lipinski definition) is 1. The molecular formula is C20H18N4O2. The lowest BCUT2D eigenvalue weighted by Crippen LogP contribution is -2.31. The Morgan fingerprint density at radius 1 is 1.27 bits per heavy atom. The number of nitriles is 1. The SMILES string of the molecule is COc1ccccc1[C@@H](NC(=O)c1cccc(C#N)c1)c1nccn1C. The van der Waals surface area contributed by atoms with Gasteiger partial charge >= 0.3 is 0 Å². The fourth-order valence-electron chi connectivity index (χ4n) is 2.79. The minimum atomic E-state index is -0.496. The molecule has 1 amide bonds. The molecule has 1 heterocycles. The normalized spacial score (nSPS) is 11.4. The summed E-state index contributed by atoms with van der Waals surface area (Å²) < 4.78 is 7.31. The minimum absolute atomic E-state index is 0.291. The number of imidazole rings is 1. The van der Waals surface area contributed by atoms with Gasteiger partial charge in [-0.2, -0.15) is 5.26 Å². The first kappa shape index (κ1) is 17.2. The van der Waals surface area contributed by atoms with Crippen molar-refractivity contribution >= 4 is 5.91 Å². The number of carbonyl (C=O) groups is 1. The molecule has 0 aliphatic rings. The van der Waals surface area contributed by atoms with Crippen LogP contribution in [0.1, 0.15) is 33.4 Å². The van der Waals surface area contributed by atoms with E-state index in [1.807, 2.05) is 48.1 Å². The highest BCUT2D eigenvalue weighted by Gasteiger charge is 2.24. The number of aromatic nitrogens is 2. The number of ether oxygens (including phenoxy) is 1. The highest BCUT2D eigenvalue weighted by molar-refractivity contribution is 5.95. The van der Waals surface area contributed by atoms with E-state index < -0.39 is 6.04 Å². The van der Waals surface area contributed by atoms with Gasteiger partial charge in [-0.1, -0.05) is 24.3 Å². The summed E-state index contributed by atoms with van der Waals surface area (Å²) >= 11 is 0. The number of para-hydroxylation sites is 1. The number of hydrogen-bond acceptors (Lipinski definition) is 4. The van der Waals surface area contributed by atoms with Gasteiger partial charge in [0.2, 0.25) is 0 Å². The molecule has 1 aromatic heterocycles. The second-order valence-corrected chi connectivity index (χ2v) is 5.74. The highest BCUT2D eigenvalue weighted by Crippen LogP contribution is 2.29. The van der Waals surface area contributed by atoms with Gasteiger partial charge in [0.05, 0.1) is 18.7 Å². The smallest absolute Gasteiger partial charge is 0.252 e. The van der Waals surface area contributed by atoms with Crippen LogP contribution >= 0.6 is 0 Å². The molecule has 0 spiro atoms. The van der Waals surface area contributed by atoms with Crippen molar-refractivity contribution in [1.29, 1.82) is 5.26 Å². The number of nitrogens with one attached hydrogen (secondary N) is 1. The standard InChI is InChI=1S/C20H18N4O2/c1-24-11-10-22-19(24)18(16-8-3-4-9-17(16)26-2)23-20(25)15-7-5-6-14(12-15)13-21/h3-12,18H,1-2H3,(H,23,25)/t18-/m1/s1. The van der Waals surface area contributed by atoms with Crippen molar-refractivity contribution in [3.63, 3.8) is 0 Å². The molecule has 3 rings (SSSR count). The van der Waals surface area contributed by atoms with Gasteiger partial charge < -0.3 is 14.6 Å². The molecule has 2 aromatic carbocycles. The summed E-state index contributed by atoms with van der Waals surface area (Å²) in [4.78, 5) is 17.2. The van der Waals surface area contributed by atoms with Gasteiger partial charge in [0.1, 0.15) is 17.6 Å². The molecule has 0 aliphatic heterocycles. The lowest BCUT2D eigenvalue weighted by atomic mass is 10.0. The summed E-state index contributed by atoms with van der Waals surface area (Å²) in [5.74, 6) is 1.05. The second-order valence-electron chi connectivity index (χ2n) is 5.74. The predicted octanol–water partition coefficient (Wildman–Crippen LogP) is 2.82. The topological polar surface area (TPSA) is 79.9 Å². The van der Waals surface area contributed by atoms with Crippen molar-refractivity contribution in [3.05, 3.63) is 83.4 Å². The number of rotatable bonds is 5. The third kappa shape index (κ3) is 3.42. The van der Waals surface area contributed by atoms with Crippen LogP contribution in [-0.4, -0.2) is 22.6 Å². The van der Waals surface area contributed by atoms with Crippen LogP contribution in [0.2, 0.25) is 0 Å². The van der Waals surface area contributed by atoms with Gasteiger partial charge in [0, 0.05) is 30.6 Å². The number of amides is 1. The molecule has 0 unspecified atom stereocenters. The lowest BCUT2D eigenvalue weighted by molar-refractivity contribution is 0.0940. The summed E-state index contributed by atoms with van der Waals surface area (Å²) in [5, 5.41) is 12.1. The molecule has 0 saturated carbocycles. The first-order valence-electron chi connectivity index (χ1n) is 8.05. The third-order valence-electron chi connectivity index (χ3n) is 4.10. The Morgan fingerprint density at radius 3 is 2.77 bits per heavy atom. The molecule has 1 atom stereocenters. The van der Waals surface area contributed by atoms with Crippen LogP contribution in [0.5, 0.6) is 5.75 Å². The van der Waals surface area contributed by atoms with E-state index in [-0.39, 0.29) is 5.91 Å². The van der Waals surface area contributed by atoms with E-state index in [4.69, 9.17) is 10.00 Å². The summed E-state index contributed by atoms with van der Waals surface area (Å²) in [5.41, 5.74) is 1.65. The fraction of sp³-hybridized carbons (Fsp3) is 0.150. The van der Waals surface area contributed by atoms with Gasteiger partial charge in [-0.15, -0.1) is 0 Å². The number of nitrogens with zero attached hydrogens (tertiary/aromatic N) is 3. The molecule has 0 fully saturated rings. The Balaban J connectivity index is 2.00. The van der Waals surface area contributed by atoms with E-state index >= 15 is 0 Å². The van der Waals surface area contributed by atoms with E-state index in [1.165, 1.54) is 0 Å². The van der Waals surface area contributed by atoms with E-state index in [1.54, 1.807) is 37.6 Å². The van der Waals surface area contributed by atoms with Gasteiger partial charge in [-0.05, 0) is 24.3 Å². The summed E-state index contributed by atoms with van der Waals surface area (Å²) in [7, 11) is 3.46. The average molecular weight is 346 g/mol. The zero-order chi connectivity index (χ0) is 18.5. The van der Waals surface area contributed by atoms with Crippen molar-refractivity contribution in [2.45, 2.75) is 6.04 Å². The largest absolute Gasteiger partial charge is 0.496 e. The predicted molar refractivity (Wildman–Crippen MR) is 96.7 cm³/mol. The van der Waals surface area contributed by atoms with E-state index in [0.717, 1.165) is 5.56 Å². The fourth-order valence-corrected chi connectivity index (χ4v) is 2.79. The maximum atomic E-state index is 12.8. The Bertz CT molecular complexity index is 972. The average Bonchev–Trinajstić information content (AvgIpc) is 3.11. The highest BCUT2D eigenvalue weighted by atomic mass is 16.5. The molecule has 0 aliphatic carbocycles. The molecule has 26 heavy (non-hydrogen) atoms. The number of aryl methyl sites for hydroxylation is 1. The van der Waals surface area contributed by atoms with Crippen molar-refractivity contribution < 1.29 is 9.53 Å². The summed E-state index contributed by atoms with van der Waals surface area (Å²) in [6, 6.07) is 15.6. The molecule has 6 heteroatoms. The Morgan fingerprint density at radius 2 is 2.08 bits per heavy atom. The maximum Gasteiger partial charge on any atom is 0.252 e. The van der Waals surface area contributed by atoms with Gasteiger partial charge in [0.15, 0.2) is 0 Å². The second kappa shape index (κ2) is 7.53. The molecule has 0 bridgehead atoms. The number of benzene rings is 2. The number of carbonyl (C=O) groups excluding carboxylic acids is 1. The zero-order valence-corrected chi connectivity index (χ0v) is 14.5. The molecule has 130 valence electrons. The minimum Gasteiger partial charge on any atom is -0.496 e. The number of methoxy groups -OCH3 is 1. The Hall–Kier alpha value is -3.59. The first-order valence-corrected chi connectivity index (χ1v) is 8.05. The van der Waals surface area contributed by atoms with Gasteiger partial charge in [-0.3, -0.25) is 4.79 Å². The maximum absolute atomic E-state index is 12.8. The first-order chi connectivity index (χ1) is 12.6. The Kier molecular flexibility index (Phi) is 4.99. The van der Waals surface area contributed by atoms with Crippen LogP contribution in [0.4, 0.5) is 0 Å². The van der Waals surface area contributed by atoms with Crippen molar-refractivity contribution in [1.82, 2.24) is 14.9 Å². The van der Waals surface area contributed by atoms with Crippen LogP contribution in [-0.2, 0) is 7.05 Å². The van der Waals surface area contributed by atoms with Crippen LogP contribution in [0.25, 0.3) is 0 Å². The van der Waals surface area contributed by atoms with Gasteiger partial charge in [0.25, 0.3) is 5.91 Å². The van der Waals surface area contributed by atoms with Crippen LogP contribution in [0.15, 0.2) is 60.9 Å². The van der Waals surface area contributed by atoms with Crippen LogP contribution in [0.3, 0.4) is 0 Å². The quantitative estimate of drug-likeness (QED) is 0.770. The molecule has 6 nitrogen and oxygen atoms in total. The van der Waals surface area contributed by atoms with Gasteiger partial charge in [-0.25, -0.2) is 4.98 Å². The lowest BCUT2D eigenvalue weighted by Gasteiger charge is -2.21. The third-order valence-corrected chi connectivity index (χ3v) is 4.10. The van der Waals surface area contributed by atoms with E-state index in [9.17, 15) is 4.79 Å². The van der Waals surface area contributed by atoms with E-state index in [2.05, 4.69) is 10.3 Å². The monoisotopic (exact) mass is 346 g/mol. The van der Waals surface area contributed by atoms with Crippen LogP contribution < -0.4 is 10.1 Å². The van der Waals surface area contributed by atoms with Crippen molar-refractivity contribution in [2.75, 3.05) is 7.11 Å². The Labute approximate surface area is 151 Å². The summed E-state index contributed by atoms with van der Waals surface area (Å²) in [6.45, 7) is 0. The van der Waals surface area contributed by atoms with Crippen molar-refractivity contribution in [2.24, 2.45) is 7.05 Å². The molecule has 1 N–H and O–H groups in total. The van der Waals surface area contributed by atoms with Crippen molar-refractivity contribution in [3.8, 4) is 11.8 Å². The zero-order valence-electron chi connectivity index (χ0n) is 14.5.